The molecule has 3 heteroatoms. The molecule has 1 unspecified atom stereocenters. The van der Waals surface area contributed by atoms with Crippen LogP contribution in [0.3, 0.4) is 0 Å². The normalized spacial score (nSPS) is 20.9. The highest BCUT2D eigenvalue weighted by molar-refractivity contribution is 5.90. The van der Waals surface area contributed by atoms with Crippen LogP contribution in [-0.2, 0) is 6.42 Å². The number of H-pyrrole nitrogens is 1. The quantitative estimate of drug-likeness (QED) is 0.891. The van der Waals surface area contributed by atoms with Gasteiger partial charge in [0.05, 0.1) is 12.6 Å². The lowest BCUT2D eigenvalue weighted by atomic mass is 9.74. The second kappa shape index (κ2) is 4.81. The summed E-state index contributed by atoms with van der Waals surface area (Å²) in [5.41, 5.74) is 4.28. The third kappa shape index (κ3) is 2.10. The van der Waals surface area contributed by atoms with Crippen molar-refractivity contribution in [3.05, 3.63) is 29.5 Å². The van der Waals surface area contributed by atoms with Crippen LogP contribution < -0.4 is 10.1 Å². The summed E-state index contributed by atoms with van der Waals surface area (Å²) in [7, 11) is 1.74. The van der Waals surface area contributed by atoms with Crippen molar-refractivity contribution in [2.75, 3.05) is 13.7 Å². The van der Waals surface area contributed by atoms with Gasteiger partial charge < -0.3 is 15.0 Å². The Bertz CT molecular complexity index is 627. The number of hydrogen-bond acceptors (Lipinski definition) is 2. The van der Waals surface area contributed by atoms with Crippen LogP contribution in [0.5, 0.6) is 5.75 Å². The molecule has 1 aliphatic rings. The highest BCUT2D eigenvalue weighted by Gasteiger charge is 2.34. The summed E-state index contributed by atoms with van der Waals surface area (Å²) in [4.78, 5) is 3.61. The van der Waals surface area contributed by atoms with Crippen molar-refractivity contribution in [1.82, 2.24) is 10.3 Å². The van der Waals surface area contributed by atoms with Gasteiger partial charge in [0.15, 0.2) is 0 Å². The smallest absolute Gasteiger partial charge is 0.142 e. The van der Waals surface area contributed by atoms with Crippen LogP contribution in [0.4, 0.5) is 0 Å². The molecule has 0 amide bonds. The molecule has 0 saturated carbocycles. The number of methoxy groups -OCH3 is 1. The number of benzene rings is 1. The topological polar surface area (TPSA) is 37.0 Å². The zero-order valence-corrected chi connectivity index (χ0v) is 12.8. The molecule has 1 aromatic carbocycles. The molecular weight excluding hydrogens is 248 g/mol. The Kier molecular flexibility index (Phi) is 3.25. The van der Waals surface area contributed by atoms with Crippen LogP contribution in [0.1, 0.15) is 44.5 Å². The van der Waals surface area contributed by atoms with E-state index >= 15 is 0 Å². The van der Waals surface area contributed by atoms with Gasteiger partial charge in [0, 0.05) is 17.1 Å². The fraction of sp³-hybridized carbons (Fsp3) is 0.529. The predicted molar refractivity (Wildman–Crippen MR) is 83.4 cm³/mol. The lowest BCUT2D eigenvalue weighted by molar-refractivity contribution is 0.259. The molecule has 20 heavy (non-hydrogen) atoms. The predicted octanol–water partition coefficient (Wildman–Crippen LogP) is 3.80. The van der Waals surface area contributed by atoms with Gasteiger partial charge in [-0.05, 0) is 36.4 Å². The monoisotopic (exact) mass is 272 g/mol. The van der Waals surface area contributed by atoms with E-state index in [0.717, 1.165) is 24.2 Å². The first kappa shape index (κ1) is 13.5. The maximum absolute atomic E-state index is 5.50. The van der Waals surface area contributed by atoms with Crippen molar-refractivity contribution in [1.29, 1.82) is 0 Å². The maximum Gasteiger partial charge on any atom is 0.142 e. The summed E-state index contributed by atoms with van der Waals surface area (Å²) >= 11 is 0. The van der Waals surface area contributed by atoms with Gasteiger partial charge in [-0.25, -0.2) is 0 Å². The van der Waals surface area contributed by atoms with Crippen LogP contribution in [-0.4, -0.2) is 18.6 Å². The van der Waals surface area contributed by atoms with Crippen LogP contribution >= 0.6 is 0 Å². The van der Waals surface area contributed by atoms with E-state index in [-0.39, 0.29) is 0 Å². The van der Waals surface area contributed by atoms with E-state index in [2.05, 4.69) is 43.2 Å². The zero-order valence-electron chi connectivity index (χ0n) is 12.8. The highest BCUT2D eigenvalue weighted by atomic mass is 16.5. The molecule has 0 spiro atoms. The Morgan fingerprint density at radius 2 is 2.20 bits per heavy atom. The number of rotatable bonds is 3. The molecule has 2 aromatic rings. The van der Waals surface area contributed by atoms with Crippen LogP contribution in [0.25, 0.3) is 10.9 Å². The lowest BCUT2D eigenvalue weighted by Crippen LogP contribution is -2.33. The Labute approximate surface area is 120 Å². The van der Waals surface area contributed by atoms with E-state index in [1.54, 1.807) is 7.11 Å². The summed E-state index contributed by atoms with van der Waals surface area (Å²) in [6, 6.07) is 6.74. The van der Waals surface area contributed by atoms with Gasteiger partial charge in [0.25, 0.3) is 0 Å². The SMILES string of the molecule is CCNC1CC(C)(C)Cc2[nH]c3c(OC)cccc3c21. The summed E-state index contributed by atoms with van der Waals surface area (Å²) < 4.78 is 5.50. The molecule has 108 valence electrons. The number of para-hydroxylation sites is 1. The molecular formula is C17H24N2O. The minimum atomic E-state index is 0.327. The Hall–Kier alpha value is -1.48. The number of nitrogens with one attached hydrogen (secondary N) is 2. The van der Waals surface area contributed by atoms with Gasteiger partial charge >= 0.3 is 0 Å². The van der Waals surface area contributed by atoms with Crippen molar-refractivity contribution < 1.29 is 4.74 Å². The van der Waals surface area contributed by atoms with E-state index in [9.17, 15) is 0 Å². The number of aromatic amines is 1. The first-order valence-electron chi connectivity index (χ1n) is 7.46. The number of fused-ring (bicyclic) bond motifs is 3. The van der Waals surface area contributed by atoms with Crippen molar-refractivity contribution in [3.8, 4) is 5.75 Å². The van der Waals surface area contributed by atoms with Crippen molar-refractivity contribution in [2.24, 2.45) is 5.41 Å². The van der Waals surface area contributed by atoms with Gasteiger partial charge in [0.2, 0.25) is 0 Å². The molecule has 1 aliphatic carbocycles. The molecule has 0 bridgehead atoms. The maximum atomic E-state index is 5.50. The first-order chi connectivity index (χ1) is 9.55. The molecule has 3 rings (SSSR count). The van der Waals surface area contributed by atoms with Gasteiger partial charge in [-0.1, -0.05) is 32.9 Å². The van der Waals surface area contributed by atoms with Crippen LogP contribution in [0.15, 0.2) is 18.2 Å². The zero-order chi connectivity index (χ0) is 14.3. The average molecular weight is 272 g/mol. The van der Waals surface area contributed by atoms with Crippen LogP contribution in [0, 0.1) is 5.41 Å². The first-order valence-corrected chi connectivity index (χ1v) is 7.46. The molecule has 1 atom stereocenters. The van der Waals surface area contributed by atoms with Gasteiger partial charge in [-0.15, -0.1) is 0 Å². The van der Waals surface area contributed by atoms with Gasteiger partial charge in [-0.3, -0.25) is 0 Å². The number of hydrogen-bond donors (Lipinski definition) is 2. The number of ether oxygens (including phenoxy) is 1. The van der Waals surface area contributed by atoms with E-state index < -0.39 is 0 Å². The summed E-state index contributed by atoms with van der Waals surface area (Å²) in [5.74, 6) is 0.935. The van der Waals surface area contributed by atoms with Gasteiger partial charge in [-0.2, -0.15) is 0 Å². The largest absolute Gasteiger partial charge is 0.495 e. The molecule has 0 radical (unpaired) electrons. The Morgan fingerprint density at radius 1 is 1.40 bits per heavy atom. The molecule has 3 nitrogen and oxygen atoms in total. The van der Waals surface area contributed by atoms with Crippen molar-refractivity contribution in [3.63, 3.8) is 0 Å². The Balaban J connectivity index is 2.20. The van der Waals surface area contributed by atoms with Crippen molar-refractivity contribution in [2.45, 2.75) is 39.7 Å². The molecule has 2 N–H and O–H groups in total. The van der Waals surface area contributed by atoms with E-state index in [1.807, 2.05) is 6.07 Å². The summed E-state index contributed by atoms with van der Waals surface area (Å²) in [6.45, 7) is 7.87. The summed E-state index contributed by atoms with van der Waals surface area (Å²) in [5, 5.41) is 4.96. The minimum absolute atomic E-state index is 0.327. The van der Waals surface area contributed by atoms with E-state index in [1.165, 1.54) is 23.1 Å². The van der Waals surface area contributed by atoms with E-state index in [4.69, 9.17) is 4.74 Å². The standard InChI is InChI=1S/C17H24N2O/c1-5-18-12-9-17(2,3)10-13-15(12)11-7-6-8-14(20-4)16(11)19-13/h6-8,12,18-19H,5,9-10H2,1-4H3. The third-order valence-electron chi connectivity index (χ3n) is 4.35. The molecule has 1 aromatic heterocycles. The summed E-state index contributed by atoms with van der Waals surface area (Å²) in [6.07, 6.45) is 2.28. The lowest BCUT2D eigenvalue weighted by Gasteiger charge is -2.35. The second-order valence-corrected chi connectivity index (χ2v) is 6.56. The second-order valence-electron chi connectivity index (χ2n) is 6.56. The molecule has 0 saturated heterocycles. The molecule has 0 aliphatic heterocycles. The third-order valence-corrected chi connectivity index (χ3v) is 4.35. The molecule has 0 fully saturated rings. The van der Waals surface area contributed by atoms with Crippen molar-refractivity contribution >= 4 is 10.9 Å². The van der Waals surface area contributed by atoms with Crippen LogP contribution in [0.2, 0.25) is 0 Å². The average Bonchev–Trinajstić information content (AvgIpc) is 2.75. The fourth-order valence-corrected chi connectivity index (χ4v) is 3.60. The van der Waals surface area contributed by atoms with E-state index in [0.29, 0.717) is 11.5 Å². The highest BCUT2D eigenvalue weighted by Crippen LogP contribution is 2.44. The minimum Gasteiger partial charge on any atom is -0.495 e. The Morgan fingerprint density at radius 3 is 2.90 bits per heavy atom. The van der Waals surface area contributed by atoms with Gasteiger partial charge in [0.1, 0.15) is 5.75 Å². The number of aromatic nitrogens is 1. The molecule has 1 heterocycles. The fourth-order valence-electron chi connectivity index (χ4n) is 3.60.